The SMILES string of the molecule is COc1[c]cc(-c2ccc([N+](=O)[O-])cc2)cc1. The summed E-state index contributed by atoms with van der Waals surface area (Å²) in [6.45, 7) is 0. The molecule has 0 N–H and O–H groups in total. The lowest BCUT2D eigenvalue weighted by Crippen LogP contribution is -1.87. The van der Waals surface area contributed by atoms with Crippen LogP contribution in [0.4, 0.5) is 5.69 Å². The van der Waals surface area contributed by atoms with Gasteiger partial charge in [0.25, 0.3) is 5.69 Å². The van der Waals surface area contributed by atoms with Gasteiger partial charge < -0.3 is 4.74 Å². The second-order valence-corrected chi connectivity index (χ2v) is 3.45. The molecule has 0 saturated carbocycles. The average molecular weight is 228 g/mol. The molecule has 0 aromatic heterocycles. The molecule has 0 unspecified atom stereocenters. The second-order valence-electron chi connectivity index (χ2n) is 3.45. The third-order valence-corrected chi connectivity index (χ3v) is 2.42. The minimum Gasteiger partial charge on any atom is -0.496 e. The second kappa shape index (κ2) is 4.65. The van der Waals surface area contributed by atoms with Gasteiger partial charge in [0.1, 0.15) is 5.75 Å². The topological polar surface area (TPSA) is 52.4 Å². The zero-order valence-corrected chi connectivity index (χ0v) is 9.21. The van der Waals surface area contributed by atoms with E-state index in [1.807, 2.05) is 6.07 Å². The number of nitrogens with zero attached hydrogens (tertiary/aromatic N) is 1. The quantitative estimate of drug-likeness (QED) is 0.599. The van der Waals surface area contributed by atoms with Gasteiger partial charge in [-0.05, 0) is 35.4 Å². The Hall–Kier alpha value is -2.36. The van der Waals surface area contributed by atoms with E-state index < -0.39 is 4.92 Å². The summed E-state index contributed by atoms with van der Waals surface area (Å²) in [6, 6.07) is 14.8. The molecule has 0 bridgehead atoms. The van der Waals surface area contributed by atoms with E-state index in [-0.39, 0.29) is 5.69 Å². The van der Waals surface area contributed by atoms with Crippen molar-refractivity contribution in [1.82, 2.24) is 0 Å². The van der Waals surface area contributed by atoms with E-state index in [1.165, 1.54) is 12.1 Å². The number of methoxy groups -OCH3 is 1. The first-order valence-corrected chi connectivity index (χ1v) is 5.01. The molecule has 0 aliphatic rings. The van der Waals surface area contributed by atoms with Gasteiger partial charge in [-0.3, -0.25) is 10.1 Å². The molecule has 0 spiro atoms. The summed E-state index contributed by atoms with van der Waals surface area (Å²) in [5.74, 6) is 0.663. The Balaban J connectivity index is 2.29. The Morgan fingerprint density at radius 1 is 1.12 bits per heavy atom. The van der Waals surface area contributed by atoms with Gasteiger partial charge in [0.15, 0.2) is 0 Å². The standard InChI is InChI=1S/C13H10NO3/c1-17-13-8-4-11(5-9-13)10-2-6-12(7-3-10)14(15)16/h2-8H,1H3. The molecule has 1 radical (unpaired) electrons. The Kier molecular flexibility index (Phi) is 3.05. The number of hydrogen-bond acceptors (Lipinski definition) is 3. The molecule has 0 aliphatic heterocycles. The molecular weight excluding hydrogens is 218 g/mol. The highest BCUT2D eigenvalue weighted by molar-refractivity contribution is 5.65. The van der Waals surface area contributed by atoms with Crippen molar-refractivity contribution in [2.75, 3.05) is 7.11 Å². The van der Waals surface area contributed by atoms with Crippen molar-refractivity contribution in [2.24, 2.45) is 0 Å². The van der Waals surface area contributed by atoms with Gasteiger partial charge in [-0.1, -0.05) is 6.07 Å². The molecule has 0 saturated heterocycles. The van der Waals surface area contributed by atoms with E-state index in [0.717, 1.165) is 11.1 Å². The van der Waals surface area contributed by atoms with Gasteiger partial charge in [-0.15, -0.1) is 0 Å². The molecule has 17 heavy (non-hydrogen) atoms. The molecule has 85 valence electrons. The Morgan fingerprint density at radius 2 is 1.76 bits per heavy atom. The average Bonchev–Trinajstić information content (AvgIpc) is 2.39. The molecule has 2 aromatic carbocycles. The van der Waals surface area contributed by atoms with Gasteiger partial charge in [0.05, 0.1) is 12.0 Å². The van der Waals surface area contributed by atoms with Crippen LogP contribution in [0, 0.1) is 16.2 Å². The molecule has 0 amide bonds. The first-order valence-electron chi connectivity index (χ1n) is 5.01. The lowest BCUT2D eigenvalue weighted by atomic mass is 10.1. The summed E-state index contributed by atoms with van der Waals surface area (Å²) in [5, 5.41) is 10.5. The van der Waals surface area contributed by atoms with Crippen LogP contribution in [0.1, 0.15) is 0 Å². The minimum absolute atomic E-state index is 0.0891. The van der Waals surface area contributed by atoms with Crippen LogP contribution < -0.4 is 4.74 Å². The van der Waals surface area contributed by atoms with E-state index in [0.29, 0.717) is 5.75 Å². The summed E-state index contributed by atoms with van der Waals surface area (Å²) in [6.07, 6.45) is 0. The van der Waals surface area contributed by atoms with E-state index >= 15 is 0 Å². The fourth-order valence-corrected chi connectivity index (χ4v) is 1.49. The zero-order chi connectivity index (χ0) is 12.3. The monoisotopic (exact) mass is 228 g/mol. The molecule has 0 fully saturated rings. The predicted octanol–water partition coefficient (Wildman–Crippen LogP) is 3.07. The molecule has 0 heterocycles. The Bertz CT molecular complexity index is 517. The first kappa shape index (κ1) is 11.1. The fourth-order valence-electron chi connectivity index (χ4n) is 1.49. The highest BCUT2D eigenvalue weighted by atomic mass is 16.6. The molecule has 2 aromatic rings. The minimum atomic E-state index is -0.413. The van der Waals surface area contributed by atoms with Gasteiger partial charge in [-0.2, -0.15) is 0 Å². The molecule has 4 heteroatoms. The van der Waals surface area contributed by atoms with Crippen LogP contribution in [0.2, 0.25) is 0 Å². The summed E-state index contributed by atoms with van der Waals surface area (Å²) >= 11 is 0. The van der Waals surface area contributed by atoms with Gasteiger partial charge >= 0.3 is 0 Å². The van der Waals surface area contributed by atoms with Gasteiger partial charge in [0, 0.05) is 18.2 Å². The number of benzene rings is 2. The predicted molar refractivity (Wildman–Crippen MR) is 63.9 cm³/mol. The van der Waals surface area contributed by atoms with Crippen molar-refractivity contribution >= 4 is 5.69 Å². The van der Waals surface area contributed by atoms with E-state index in [9.17, 15) is 10.1 Å². The number of rotatable bonds is 3. The Labute approximate surface area is 98.6 Å². The van der Waals surface area contributed by atoms with Gasteiger partial charge in [-0.25, -0.2) is 0 Å². The summed E-state index contributed by atoms with van der Waals surface area (Å²) < 4.78 is 5.01. The van der Waals surface area contributed by atoms with Crippen molar-refractivity contribution in [3.8, 4) is 16.9 Å². The van der Waals surface area contributed by atoms with Gasteiger partial charge in [0.2, 0.25) is 0 Å². The van der Waals surface area contributed by atoms with Crippen LogP contribution in [-0.2, 0) is 0 Å². The number of hydrogen-bond donors (Lipinski definition) is 0. The zero-order valence-electron chi connectivity index (χ0n) is 9.21. The number of nitro benzene ring substituents is 1. The van der Waals surface area contributed by atoms with Crippen LogP contribution in [0.3, 0.4) is 0 Å². The normalized spacial score (nSPS) is 9.94. The summed E-state index contributed by atoms with van der Waals surface area (Å²) in [4.78, 5) is 10.1. The molecule has 0 atom stereocenters. The number of nitro groups is 1. The maximum Gasteiger partial charge on any atom is 0.269 e. The molecule has 0 aliphatic carbocycles. The van der Waals surface area contributed by atoms with Crippen molar-refractivity contribution < 1.29 is 9.66 Å². The van der Waals surface area contributed by atoms with Crippen molar-refractivity contribution in [3.63, 3.8) is 0 Å². The van der Waals surface area contributed by atoms with Crippen LogP contribution >= 0.6 is 0 Å². The lowest BCUT2D eigenvalue weighted by molar-refractivity contribution is -0.384. The molecule has 2 rings (SSSR count). The molecular formula is C13H10NO3. The third-order valence-electron chi connectivity index (χ3n) is 2.42. The summed E-state index contributed by atoms with van der Waals surface area (Å²) in [7, 11) is 1.58. The van der Waals surface area contributed by atoms with E-state index in [1.54, 1.807) is 31.4 Å². The largest absolute Gasteiger partial charge is 0.496 e. The highest BCUT2D eigenvalue weighted by Gasteiger charge is 2.05. The smallest absolute Gasteiger partial charge is 0.269 e. The lowest BCUT2D eigenvalue weighted by Gasteiger charge is -2.02. The molecule has 4 nitrogen and oxygen atoms in total. The fraction of sp³-hybridized carbons (Fsp3) is 0.0769. The maximum absolute atomic E-state index is 10.5. The van der Waals surface area contributed by atoms with Crippen molar-refractivity contribution in [2.45, 2.75) is 0 Å². The Morgan fingerprint density at radius 3 is 2.24 bits per heavy atom. The van der Waals surface area contributed by atoms with Crippen molar-refractivity contribution in [1.29, 1.82) is 0 Å². The first-order chi connectivity index (χ1) is 8.20. The maximum atomic E-state index is 10.5. The van der Waals surface area contributed by atoms with Crippen LogP contribution in [0.15, 0.2) is 42.5 Å². The van der Waals surface area contributed by atoms with E-state index in [4.69, 9.17) is 4.74 Å². The third kappa shape index (κ3) is 2.42. The summed E-state index contributed by atoms with van der Waals surface area (Å²) in [5.41, 5.74) is 1.95. The van der Waals surface area contributed by atoms with Crippen LogP contribution in [0.25, 0.3) is 11.1 Å². The van der Waals surface area contributed by atoms with Crippen LogP contribution in [-0.4, -0.2) is 12.0 Å². The van der Waals surface area contributed by atoms with Crippen LogP contribution in [0.5, 0.6) is 5.75 Å². The van der Waals surface area contributed by atoms with E-state index in [2.05, 4.69) is 6.07 Å². The highest BCUT2D eigenvalue weighted by Crippen LogP contribution is 2.23. The number of non-ortho nitro benzene ring substituents is 1. The number of ether oxygens (including phenoxy) is 1. The van der Waals surface area contributed by atoms with Crippen molar-refractivity contribution in [3.05, 3.63) is 58.6 Å².